The normalized spacial score (nSPS) is 14.6. The third-order valence-electron chi connectivity index (χ3n) is 6.47. The Balaban J connectivity index is 1.63. The number of halogens is 1. The molecule has 0 radical (unpaired) electrons. The number of hydrogen-bond acceptors (Lipinski definition) is 4. The third-order valence-corrected chi connectivity index (χ3v) is 6.47. The Kier molecular flexibility index (Phi) is 8.03. The second kappa shape index (κ2) is 11.4. The average Bonchev–Trinajstić information content (AvgIpc) is 3.35. The summed E-state index contributed by atoms with van der Waals surface area (Å²) in [5.41, 5.74) is 8.98. The first-order chi connectivity index (χ1) is 16.9. The lowest BCUT2D eigenvalue weighted by molar-refractivity contribution is -0.136. The van der Waals surface area contributed by atoms with E-state index in [0.29, 0.717) is 46.3 Å². The van der Waals surface area contributed by atoms with E-state index in [0.717, 1.165) is 5.56 Å². The molecule has 0 aliphatic heterocycles. The zero-order valence-corrected chi connectivity index (χ0v) is 20.0. The molecule has 184 valence electrons. The van der Waals surface area contributed by atoms with Gasteiger partial charge in [-0.25, -0.2) is 4.39 Å². The van der Waals surface area contributed by atoms with Gasteiger partial charge >= 0.3 is 5.97 Å². The fraction of sp³-hybridized carbons (Fsp3) is 0.345. The van der Waals surface area contributed by atoms with Gasteiger partial charge in [0.1, 0.15) is 23.9 Å². The van der Waals surface area contributed by atoms with Crippen LogP contribution >= 0.6 is 0 Å². The van der Waals surface area contributed by atoms with Crippen molar-refractivity contribution in [3.05, 3.63) is 83.2 Å². The van der Waals surface area contributed by atoms with E-state index in [9.17, 15) is 9.90 Å². The summed E-state index contributed by atoms with van der Waals surface area (Å²) in [5, 5.41) is 9.20. The first-order valence-corrected chi connectivity index (χ1v) is 12.1. The van der Waals surface area contributed by atoms with E-state index in [4.69, 9.17) is 15.2 Å². The van der Waals surface area contributed by atoms with E-state index in [-0.39, 0.29) is 18.8 Å². The number of aliphatic carboxylic acids is 1. The maximum absolute atomic E-state index is 15.3. The maximum Gasteiger partial charge on any atom is 0.307 e. The Morgan fingerprint density at radius 2 is 1.86 bits per heavy atom. The van der Waals surface area contributed by atoms with E-state index in [1.807, 2.05) is 30.3 Å². The summed E-state index contributed by atoms with van der Waals surface area (Å²) in [6.45, 7) is 2.59. The predicted octanol–water partition coefficient (Wildman–Crippen LogP) is 6.29. The predicted molar refractivity (Wildman–Crippen MR) is 134 cm³/mol. The number of benzene rings is 3. The second-order valence-corrected chi connectivity index (χ2v) is 9.29. The van der Waals surface area contributed by atoms with Crippen LogP contribution in [0.1, 0.15) is 55.3 Å². The minimum atomic E-state index is -0.921. The van der Waals surface area contributed by atoms with E-state index < -0.39 is 12.0 Å². The van der Waals surface area contributed by atoms with Crippen LogP contribution in [0.25, 0.3) is 11.1 Å². The summed E-state index contributed by atoms with van der Waals surface area (Å²) in [5.74, 6) is 0.458. The van der Waals surface area contributed by atoms with Crippen LogP contribution in [0.15, 0.2) is 60.7 Å². The van der Waals surface area contributed by atoms with Crippen molar-refractivity contribution >= 4 is 5.97 Å². The van der Waals surface area contributed by atoms with Crippen LogP contribution in [0.5, 0.6) is 11.5 Å². The number of ether oxygens (including phenoxy) is 2. The van der Waals surface area contributed by atoms with Gasteiger partial charge in [0.05, 0.1) is 13.0 Å². The second-order valence-electron chi connectivity index (χ2n) is 9.29. The molecule has 0 heterocycles. The molecule has 0 aromatic heterocycles. The van der Waals surface area contributed by atoms with Crippen molar-refractivity contribution in [2.24, 2.45) is 11.7 Å². The molecular weight excluding hydrogens is 445 g/mol. The molecule has 0 bridgehead atoms. The lowest BCUT2D eigenvalue weighted by Crippen LogP contribution is -2.09. The maximum atomic E-state index is 15.3. The summed E-state index contributed by atoms with van der Waals surface area (Å²) in [6.07, 6.45) is 4.68. The Bertz CT molecular complexity index is 1170. The van der Waals surface area contributed by atoms with E-state index >= 15 is 4.39 Å². The lowest BCUT2D eigenvalue weighted by Gasteiger charge is -2.17. The van der Waals surface area contributed by atoms with Gasteiger partial charge in [-0.05, 0) is 61.1 Å². The molecule has 4 rings (SSSR count). The molecule has 1 aliphatic carbocycles. The van der Waals surface area contributed by atoms with Crippen molar-refractivity contribution in [3.63, 3.8) is 0 Å². The zero-order chi connectivity index (χ0) is 24.8. The van der Waals surface area contributed by atoms with Crippen LogP contribution in [-0.2, 0) is 17.8 Å². The number of carbonyl (C=O) groups is 1. The highest BCUT2D eigenvalue weighted by Crippen LogP contribution is 2.33. The summed E-state index contributed by atoms with van der Waals surface area (Å²) in [4.78, 5) is 11.2. The van der Waals surface area contributed by atoms with E-state index in [1.54, 1.807) is 37.3 Å². The standard InChI is InChI=1S/C29H32FNO4/c1-19(31)25-10-6-11-26(29(25)30)23-13-21(14-24(15-23)34-17-20-7-2-3-8-20)18-35-27-12-5-4-9-22(27)16-28(32)33/h4-6,9-15,19-20H,2-3,7-8,16-18,31H2,1H3,(H,32,33)/t19-/m1/s1. The SMILES string of the molecule is C[C@@H](N)c1cccc(-c2cc(COc3ccccc3CC(=O)O)cc(OCC3CCCC3)c2)c1F. The lowest BCUT2D eigenvalue weighted by atomic mass is 9.97. The fourth-order valence-electron chi connectivity index (χ4n) is 4.61. The minimum absolute atomic E-state index is 0.124. The van der Waals surface area contributed by atoms with E-state index in [1.165, 1.54) is 25.7 Å². The molecule has 6 heteroatoms. The highest BCUT2D eigenvalue weighted by molar-refractivity contribution is 5.71. The third kappa shape index (κ3) is 6.40. The molecule has 3 aromatic carbocycles. The van der Waals surface area contributed by atoms with Gasteiger partial charge in [-0.15, -0.1) is 0 Å². The summed E-state index contributed by atoms with van der Waals surface area (Å²) in [7, 11) is 0. The van der Waals surface area contributed by atoms with Crippen molar-refractivity contribution in [2.75, 3.05) is 6.61 Å². The zero-order valence-electron chi connectivity index (χ0n) is 20.0. The largest absolute Gasteiger partial charge is 0.493 e. The fourth-order valence-corrected chi connectivity index (χ4v) is 4.61. The first-order valence-electron chi connectivity index (χ1n) is 12.1. The molecule has 0 saturated heterocycles. The summed E-state index contributed by atoms with van der Waals surface area (Å²) >= 11 is 0. The molecule has 0 unspecified atom stereocenters. The highest BCUT2D eigenvalue weighted by Gasteiger charge is 2.18. The number of carboxylic acid groups (broad SMARTS) is 1. The minimum Gasteiger partial charge on any atom is -0.493 e. The summed E-state index contributed by atoms with van der Waals surface area (Å²) < 4.78 is 27.5. The van der Waals surface area contributed by atoms with Crippen molar-refractivity contribution < 1.29 is 23.8 Å². The van der Waals surface area contributed by atoms with E-state index in [2.05, 4.69) is 0 Å². The van der Waals surface area contributed by atoms with Gasteiger partial charge in [-0.1, -0.05) is 49.2 Å². The highest BCUT2D eigenvalue weighted by atomic mass is 19.1. The molecule has 5 nitrogen and oxygen atoms in total. The van der Waals surface area contributed by atoms with Gasteiger partial charge in [0.25, 0.3) is 0 Å². The number of carboxylic acids is 1. The van der Waals surface area contributed by atoms with Crippen LogP contribution in [0.4, 0.5) is 4.39 Å². The molecule has 1 aliphatic rings. The van der Waals surface area contributed by atoms with Crippen LogP contribution in [0.2, 0.25) is 0 Å². The average molecular weight is 478 g/mol. The topological polar surface area (TPSA) is 81.8 Å². The molecule has 1 atom stereocenters. The smallest absolute Gasteiger partial charge is 0.307 e. The van der Waals surface area contributed by atoms with Crippen LogP contribution in [-0.4, -0.2) is 17.7 Å². The van der Waals surface area contributed by atoms with Gasteiger partial charge in [-0.3, -0.25) is 4.79 Å². The molecule has 1 saturated carbocycles. The number of nitrogens with two attached hydrogens (primary N) is 1. The Labute approximate surface area is 205 Å². The first kappa shape index (κ1) is 24.7. The van der Waals surface area contributed by atoms with Crippen LogP contribution < -0.4 is 15.2 Å². The van der Waals surface area contributed by atoms with Gasteiger partial charge in [0, 0.05) is 22.7 Å². The quantitative estimate of drug-likeness (QED) is 0.359. The van der Waals surface area contributed by atoms with Crippen LogP contribution in [0, 0.1) is 11.7 Å². The molecule has 0 amide bonds. The van der Waals surface area contributed by atoms with Crippen molar-refractivity contribution in [3.8, 4) is 22.6 Å². The molecule has 35 heavy (non-hydrogen) atoms. The molecule has 1 fully saturated rings. The Hall–Kier alpha value is -3.38. The number of para-hydroxylation sites is 1. The Morgan fingerprint density at radius 1 is 1.09 bits per heavy atom. The van der Waals surface area contributed by atoms with Crippen molar-refractivity contribution in [2.45, 2.75) is 51.7 Å². The molecular formula is C29H32FNO4. The number of hydrogen-bond donors (Lipinski definition) is 2. The monoisotopic (exact) mass is 477 g/mol. The van der Waals surface area contributed by atoms with Gasteiger partial charge < -0.3 is 20.3 Å². The van der Waals surface area contributed by atoms with Crippen molar-refractivity contribution in [1.29, 1.82) is 0 Å². The van der Waals surface area contributed by atoms with Gasteiger partial charge in [0.2, 0.25) is 0 Å². The molecule has 0 spiro atoms. The Morgan fingerprint density at radius 3 is 2.60 bits per heavy atom. The molecule has 3 N–H and O–H groups in total. The summed E-state index contributed by atoms with van der Waals surface area (Å²) in [6, 6.07) is 17.6. The number of rotatable bonds is 10. The van der Waals surface area contributed by atoms with Gasteiger partial charge in [0.15, 0.2) is 0 Å². The van der Waals surface area contributed by atoms with Crippen molar-refractivity contribution in [1.82, 2.24) is 0 Å². The van der Waals surface area contributed by atoms with Gasteiger partial charge in [-0.2, -0.15) is 0 Å². The van der Waals surface area contributed by atoms with Crippen LogP contribution in [0.3, 0.4) is 0 Å². The molecule has 3 aromatic rings.